The van der Waals surface area contributed by atoms with Crippen LogP contribution in [0.25, 0.3) is 5.70 Å². The van der Waals surface area contributed by atoms with Crippen molar-refractivity contribution in [3.05, 3.63) is 136 Å². The molecule has 0 aliphatic carbocycles. The number of halogens is 1. The number of ketones is 1. The molecule has 5 rings (SSSR count). The third-order valence-corrected chi connectivity index (χ3v) is 8.74. The molecule has 1 atom stereocenters. The minimum absolute atomic E-state index is 0.0520. The van der Waals surface area contributed by atoms with Gasteiger partial charge in [-0.15, -0.1) is 0 Å². The number of rotatable bonds is 7. The van der Waals surface area contributed by atoms with Crippen LogP contribution in [0.4, 0.5) is 5.69 Å². The quantitative estimate of drug-likeness (QED) is 0.190. The van der Waals surface area contributed by atoms with Gasteiger partial charge >= 0.3 is 0 Å². The first-order valence-corrected chi connectivity index (χ1v) is 13.9. The van der Waals surface area contributed by atoms with Crippen molar-refractivity contribution in [1.82, 2.24) is 0 Å². The van der Waals surface area contributed by atoms with Gasteiger partial charge in [-0.25, -0.2) is 12.7 Å². The van der Waals surface area contributed by atoms with Crippen LogP contribution in [0.5, 0.6) is 0 Å². The zero-order valence-corrected chi connectivity index (χ0v) is 22.1. The molecule has 1 aliphatic rings. The number of allylic oxidation sites excluding steroid dienone is 1. The van der Waals surface area contributed by atoms with Gasteiger partial charge in [-0.1, -0.05) is 90.0 Å². The molecule has 0 aromatic heterocycles. The van der Waals surface area contributed by atoms with Crippen LogP contribution in [0.3, 0.4) is 0 Å². The molecule has 0 fully saturated rings. The number of sulfonamides is 1. The summed E-state index contributed by atoms with van der Waals surface area (Å²) < 4.78 is 29.6. The molecular formula is C31H24ClNO4S. The predicted octanol–water partition coefficient (Wildman–Crippen LogP) is 6.82. The molecule has 0 spiro atoms. The first-order valence-electron chi connectivity index (χ1n) is 12.1. The number of anilines is 1. The van der Waals surface area contributed by atoms with Crippen LogP contribution in [-0.2, 0) is 14.8 Å². The van der Waals surface area contributed by atoms with Crippen molar-refractivity contribution in [1.29, 1.82) is 0 Å². The van der Waals surface area contributed by atoms with Crippen molar-refractivity contribution >= 4 is 45.1 Å². The summed E-state index contributed by atoms with van der Waals surface area (Å²) in [6.07, 6.45) is 0.615. The maximum Gasteiger partial charge on any atom is 0.268 e. The molecule has 5 nitrogen and oxygen atoms in total. The van der Waals surface area contributed by atoms with Gasteiger partial charge in [0.05, 0.1) is 21.3 Å². The Morgan fingerprint density at radius 2 is 1.50 bits per heavy atom. The number of nitrogens with zero attached hydrogens (tertiary/aromatic N) is 1. The first kappa shape index (κ1) is 25.6. The highest BCUT2D eigenvalue weighted by Gasteiger charge is 2.40. The average molecular weight is 542 g/mol. The van der Waals surface area contributed by atoms with Crippen molar-refractivity contribution in [2.75, 3.05) is 4.31 Å². The molecule has 7 heteroatoms. The highest BCUT2D eigenvalue weighted by Crippen LogP contribution is 2.48. The number of carbonyl (C=O) groups excluding carboxylic acids is 2. The van der Waals surface area contributed by atoms with E-state index in [2.05, 4.69) is 0 Å². The molecule has 0 bridgehead atoms. The zero-order valence-electron chi connectivity index (χ0n) is 20.5. The van der Waals surface area contributed by atoms with Gasteiger partial charge in [-0.3, -0.25) is 9.59 Å². The Labute approximate surface area is 227 Å². The van der Waals surface area contributed by atoms with Crippen molar-refractivity contribution in [2.45, 2.75) is 24.2 Å². The lowest BCUT2D eigenvalue weighted by Crippen LogP contribution is -2.36. The number of benzene rings is 4. The number of para-hydroxylation sites is 1. The highest BCUT2D eigenvalue weighted by molar-refractivity contribution is 7.93. The van der Waals surface area contributed by atoms with Gasteiger partial charge in [-0.05, 0) is 48.4 Å². The molecule has 38 heavy (non-hydrogen) atoms. The molecule has 4 aromatic rings. The fraction of sp³-hybridized carbons (Fsp3) is 0.0968. The van der Waals surface area contributed by atoms with Crippen LogP contribution in [0.2, 0.25) is 5.02 Å². The summed E-state index contributed by atoms with van der Waals surface area (Å²) in [6, 6.07) is 29.3. The largest absolute Gasteiger partial charge is 0.298 e. The van der Waals surface area contributed by atoms with Gasteiger partial charge in [0, 0.05) is 23.5 Å². The molecule has 1 aliphatic heterocycles. The second-order valence-corrected chi connectivity index (χ2v) is 11.3. The second kappa shape index (κ2) is 10.4. The van der Waals surface area contributed by atoms with Crippen LogP contribution in [0.15, 0.2) is 114 Å². The maximum absolute atomic E-state index is 14.2. The van der Waals surface area contributed by atoms with E-state index in [-0.39, 0.29) is 28.4 Å². The van der Waals surface area contributed by atoms with Crippen LogP contribution < -0.4 is 4.31 Å². The molecule has 0 saturated carbocycles. The summed E-state index contributed by atoms with van der Waals surface area (Å²) in [5.74, 6) is -0.913. The molecule has 0 radical (unpaired) electrons. The lowest BCUT2D eigenvalue weighted by atomic mass is 9.80. The lowest BCUT2D eigenvalue weighted by molar-refractivity contribution is -0.105. The third kappa shape index (κ3) is 4.57. The standard InChI is InChI=1S/C31H24ClNO4S/c1-21-15-17-23(18-16-21)38(36,37)33-29-14-8-6-11-24(29)26(19-30(35)25-12-5-7-13-28(25)32)27(20-34)31(33)22-9-3-2-4-10-22/h2-18,20,26H,19H2,1H3/t26-/m1/s1. The average Bonchev–Trinajstić information content (AvgIpc) is 2.93. The Kier molecular flexibility index (Phi) is 7.02. The molecular weight excluding hydrogens is 518 g/mol. The van der Waals surface area contributed by atoms with Crippen LogP contribution in [-0.4, -0.2) is 20.5 Å². The van der Waals surface area contributed by atoms with Gasteiger partial charge in [0.15, 0.2) is 5.78 Å². The van der Waals surface area contributed by atoms with E-state index in [4.69, 9.17) is 11.6 Å². The van der Waals surface area contributed by atoms with E-state index in [0.717, 1.165) is 5.56 Å². The molecule has 0 amide bonds. The Bertz CT molecular complexity index is 1660. The van der Waals surface area contributed by atoms with E-state index in [9.17, 15) is 18.0 Å². The number of hydrogen-bond acceptors (Lipinski definition) is 4. The summed E-state index contributed by atoms with van der Waals surface area (Å²) in [6.45, 7) is 1.88. The van der Waals surface area contributed by atoms with Crippen molar-refractivity contribution in [3.63, 3.8) is 0 Å². The first-order chi connectivity index (χ1) is 18.3. The fourth-order valence-corrected chi connectivity index (χ4v) is 6.63. The van der Waals surface area contributed by atoms with Crippen molar-refractivity contribution in [2.24, 2.45) is 0 Å². The molecule has 0 N–H and O–H groups in total. The summed E-state index contributed by atoms with van der Waals surface area (Å²) in [7, 11) is -4.13. The summed E-state index contributed by atoms with van der Waals surface area (Å²) in [5, 5.41) is 0.324. The minimum atomic E-state index is -4.13. The zero-order chi connectivity index (χ0) is 26.9. The number of aldehydes is 1. The number of fused-ring (bicyclic) bond motifs is 1. The van der Waals surface area contributed by atoms with Crippen molar-refractivity contribution < 1.29 is 18.0 Å². The predicted molar refractivity (Wildman–Crippen MR) is 150 cm³/mol. The number of hydrogen-bond donors (Lipinski definition) is 0. The van der Waals surface area contributed by atoms with E-state index >= 15 is 0 Å². The van der Waals surface area contributed by atoms with Crippen LogP contribution in [0.1, 0.15) is 39.4 Å². The fourth-order valence-electron chi connectivity index (χ4n) is 4.82. The van der Waals surface area contributed by atoms with E-state index in [1.807, 2.05) is 13.0 Å². The Hall–Kier alpha value is -4.00. The lowest BCUT2D eigenvalue weighted by Gasteiger charge is -2.37. The van der Waals surface area contributed by atoms with Gasteiger partial charge in [0.2, 0.25) is 0 Å². The van der Waals surface area contributed by atoms with Crippen molar-refractivity contribution in [3.8, 4) is 0 Å². The number of aryl methyl sites for hydroxylation is 1. The Balaban J connectivity index is 1.76. The number of carbonyl (C=O) groups is 2. The summed E-state index contributed by atoms with van der Waals surface area (Å²) >= 11 is 6.30. The molecule has 4 aromatic carbocycles. The summed E-state index contributed by atoms with van der Waals surface area (Å²) in [5.41, 5.74) is 3.25. The van der Waals surface area contributed by atoms with Gasteiger partial charge in [-0.2, -0.15) is 0 Å². The van der Waals surface area contributed by atoms with E-state index in [1.165, 1.54) is 4.31 Å². The number of Topliss-reactive ketones (excluding diaryl/α,β-unsaturated/α-hetero) is 1. The smallest absolute Gasteiger partial charge is 0.268 e. The van der Waals surface area contributed by atoms with Gasteiger partial charge < -0.3 is 0 Å². The minimum Gasteiger partial charge on any atom is -0.298 e. The topological polar surface area (TPSA) is 71.5 Å². The normalized spacial score (nSPS) is 15.2. The molecule has 0 unspecified atom stereocenters. The Morgan fingerprint density at radius 3 is 2.18 bits per heavy atom. The SMILES string of the molecule is Cc1ccc(S(=O)(=O)N2C(c3ccccc3)=C(C=O)[C@H](CC(=O)c3ccccc3Cl)c3ccccc32)cc1. The highest BCUT2D eigenvalue weighted by atomic mass is 35.5. The molecule has 190 valence electrons. The third-order valence-electron chi connectivity index (χ3n) is 6.68. The monoisotopic (exact) mass is 541 g/mol. The Morgan fingerprint density at radius 1 is 0.868 bits per heavy atom. The van der Waals surface area contributed by atoms with E-state index < -0.39 is 15.9 Å². The molecule has 0 saturated heterocycles. The van der Waals surface area contributed by atoms with Crippen LogP contribution in [0, 0.1) is 6.92 Å². The second-order valence-electron chi connectivity index (χ2n) is 9.09. The summed E-state index contributed by atoms with van der Waals surface area (Å²) in [4.78, 5) is 26.3. The van der Waals surface area contributed by atoms with Gasteiger partial charge in [0.25, 0.3) is 10.0 Å². The van der Waals surface area contributed by atoms with E-state index in [1.54, 1.807) is 97.1 Å². The van der Waals surface area contributed by atoms with Crippen LogP contribution >= 0.6 is 11.6 Å². The van der Waals surface area contributed by atoms with Gasteiger partial charge in [0.1, 0.15) is 6.29 Å². The maximum atomic E-state index is 14.2. The molecule has 1 heterocycles. The van der Waals surface area contributed by atoms with E-state index in [0.29, 0.717) is 33.7 Å².